The Balaban J connectivity index is 2.46. The van der Waals surface area contributed by atoms with E-state index in [1.807, 2.05) is 0 Å². The number of benzene rings is 1. The molecular formula is C15H25N. The van der Waals surface area contributed by atoms with Gasteiger partial charge in [0.15, 0.2) is 0 Å². The highest BCUT2D eigenvalue weighted by Crippen LogP contribution is 2.12. The molecule has 1 unspecified atom stereocenters. The molecule has 0 saturated heterocycles. The first-order valence-electron chi connectivity index (χ1n) is 6.43. The zero-order valence-electron chi connectivity index (χ0n) is 11.1. The first kappa shape index (κ1) is 13.2. The highest BCUT2D eigenvalue weighted by atomic mass is 14.9. The minimum Gasteiger partial charge on any atom is -0.314 e. The SMILES string of the molecule is CCCCNC(C)Cc1ccc(C)cc1C. The van der Waals surface area contributed by atoms with Crippen LogP contribution >= 0.6 is 0 Å². The molecule has 16 heavy (non-hydrogen) atoms. The monoisotopic (exact) mass is 219 g/mol. The van der Waals surface area contributed by atoms with Crippen molar-refractivity contribution < 1.29 is 0 Å². The van der Waals surface area contributed by atoms with Crippen molar-refractivity contribution >= 4 is 0 Å². The molecule has 90 valence electrons. The highest BCUT2D eigenvalue weighted by molar-refractivity contribution is 5.30. The number of aryl methyl sites for hydroxylation is 2. The molecule has 0 spiro atoms. The van der Waals surface area contributed by atoms with Crippen molar-refractivity contribution in [2.24, 2.45) is 0 Å². The third-order valence-corrected chi connectivity index (χ3v) is 3.05. The van der Waals surface area contributed by atoms with E-state index in [9.17, 15) is 0 Å². The fraction of sp³-hybridized carbons (Fsp3) is 0.600. The van der Waals surface area contributed by atoms with E-state index < -0.39 is 0 Å². The van der Waals surface area contributed by atoms with E-state index in [4.69, 9.17) is 0 Å². The summed E-state index contributed by atoms with van der Waals surface area (Å²) in [4.78, 5) is 0. The predicted octanol–water partition coefficient (Wildman–Crippen LogP) is 3.62. The van der Waals surface area contributed by atoms with E-state index in [1.54, 1.807) is 0 Å². The minimum atomic E-state index is 0.577. The minimum absolute atomic E-state index is 0.577. The normalized spacial score (nSPS) is 12.8. The van der Waals surface area contributed by atoms with Gasteiger partial charge in [-0.15, -0.1) is 0 Å². The zero-order chi connectivity index (χ0) is 12.0. The third kappa shape index (κ3) is 4.36. The molecule has 0 fully saturated rings. The molecule has 1 N–H and O–H groups in total. The van der Waals surface area contributed by atoms with Gasteiger partial charge >= 0.3 is 0 Å². The molecule has 0 aliphatic heterocycles. The van der Waals surface area contributed by atoms with Gasteiger partial charge < -0.3 is 5.32 Å². The smallest absolute Gasteiger partial charge is 0.00792 e. The second kappa shape index (κ2) is 6.70. The van der Waals surface area contributed by atoms with E-state index in [-0.39, 0.29) is 0 Å². The standard InChI is InChI=1S/C15H25N/c1-5-6-9-16-14(4)11-15-8-7-12(2)10-13(15)3/h7-8,10,14,16H,5-6,9,11H2,1-4H3. The van der Waals surface area contributed by atoms with E-state index in [0.29, 0.717) is 6.04 Å². The lowest BCUT2D eigenvalue weighted by atomic mass is 10.00. The van der Waals surface area contributed by atoms with E-state index in [2.05, 4.69) is 51.2 Å². The summed E-state index contributed by atoms with van der Waals surface area (Å²) < 4.78 is 0. The molecule has 1 nitrogen and oxygen atoms in total. The lowest BCUT2D eigenvalue weighted by molar-refractivity contribution is 0.530. The van der Waals surface area contributed by atoms with Crippen LogP contribution in [0.15, 0.2) is 18.2 Å². The van der Waals surface area contributed by atoms with Gasteiger partial charge in [-0.3, -0.25) is 0 Å². The summed E-state index contributed by atoms with van der Waals surface area (Å²) in [5.74, 6) is 0. The Labute approximate surface area is 100 Å². The molecule has 0 amide bonds. The average molecular weight is 219 g/mol. The number of hydrogen-bond acceptors (Lipinski definition) is 1. The fourth-order valence-electron chi connectivity index (χ4n) is 2.00. The van der Waals surface area contributed by atoms with Crippen molar-refractivity contribution in [1.82, 2.24) is 5.32 Å². The maximum atomic E-state index is 3.57. The summed E-state index contributed by atoms with van der Waals surface area (Å²) in [6.07, 6.45) is 3.68. The van der Waals surface area contributed by atoms with Crippen LogP contribution in [0.2, 0.25) is 0 Å². The summed E-state index contributed by atoms with van der Waals surface area (Å²) in [5, 5.41) is 3.57. The molecule has 1 atom stereocenters. The van der Waals surface area contributed by atoms with Crippen LogP contribution in [-0.4, -0.2) is 12.6 Å². The summed E-state index contributed by atoms with van der Waals surface area (Å²) >= 11 is 0. The Bertz CT molecular complexity index is 317. The zero-order valence-corrected chi connectivity index (χ0v) is 11.1. The van der Waals surface area contributed by atoms with Crippen molar-refractivity contribution in [2.75, 3.05) is 6.54 Å². The molecule has 0 heterocycles. The van der Waals surface area contributed by atoms with Gasteiger partial charge in [-0.05, 0) is 51.3 Å². The first-order valence-corrected chi connectivity index (χ1v) is 6.43. The second-order valence-electron chi connectivity index (χ2n) is 4.84. The Morgan fingerprint density at radius 1 is 1.25 bits per heavy atom. The molecule has 0 aliphatic carbocycles. The van der Waals surface area contributed by atoms with Crippen LogP contribution in [0.5, 0.6) is 0 Å². The topological polar surface area (TPSA) is 12.0 Å². The lowest BCUT2D eigenvalue weighted by Gasteiger charge is -2.15. The van der Waals surface area contributed by atoms with Crippen LogP contribution in [0.25, 0.3) is 0 Å². The molecule has 0 aromatic heterocycles. The summed E-state index contributed by atoms with van der Waals surface area (Å²) in [5.41, 5.74) is 4.25. The van der Waals surface area contributed by atoms with Crippen LogP contribution in [0.1, 0.15) is 43.4 Å². The third-order valence-electron chi connectivity index (χ3n) is 3.05. The fourth-order valence-corrected chi connectivity index (χ4v) is 2.00. The van der Waals surface area contributed by atoms with Gasteiger partial charge in [0.05, 0.1) is 0 Å². The van der Waals surface area contributed by atoms with E-state index in [0.717, 1.165) is 13.0 Å². The van der Waals surface area contributed by atoms with E-state index in [1.165, 1.54) is 29.5 Å². The number of nitrogens with one attached hydrogen (secondary N) is 1. The largest absolute Gasteiger partial charge is 0.314 e. The van der Waals surface area contributed by atoms with Crippen molar-refractivity contribution in [2.45, 2.75) is 53.0 Å². The van der Waals surface area contributed by atoms with Crippen molar-refractivity contribution in [3.8, 4) is 0 Å². The van der Waals surface area contributed by atoms with E-state index >= 15 is 0 Å². The molecule has 0 radical (unpaired) electrons. The maximum Gasteiger partial charge on any atom is 0.00792 e. The van der Waals surface area contributed by atoms with Gasteiger partial charge in [0.1, 0.15) is 0 Å². The molecule has 0 saturated carbocycles. The van der Waals surface area contributed by atoms with Crippen LogP contribution in [-0.2, 0) is 6.42 Å². The van der Waals surface area contributed by atoms with Crippen molar-refractivity contribution in [1.29, 1.82) is 0 Å². The number of rotatable bonds is 6. The van der Waals surface area contributed by atoms with Gasteiger partial charge in [-0.25, -0.2) is 0 Å². The first-order chi connectivity index (χ1) is 7.63. The quantitative estimate of drug-likeness (QED) is 0.721. The van der Waals surface area contributed by atoms with Gasteiger partial charge in [-0.2, -0.15) is 0 Å². The van der Waals surface area contributed by atoms with Crippen LogP contribution in [0.4, 0.5) is 0 Å². The van der Waals surface area contributed by atoms with Crippen molar-refractivity contribution in [3.63, 3.8) is 0 Å². The van der Waals surface area contributed by atoms with Crippen molar-refractivity contribution in [3.05, 3.63) is 34.9 Å². The summed E-state index contributed by atoms with van der Waals surface area (Å²) in [6, 6.07) is 7.32. The molecule has 1 heteroatoms. The predicted molar refractivity (Wildman–Crippen MR) is 72.0 cm³/mol. The lowest BCUT2D eigenvalue weighted by Crippen LogP contribution is -2.29. The number of unbranched alkanes of at least 4 members (excludes halogenated alkanes) is 1. The van der Waals surface area contributed by atoms with Gasteiger partial charge in [0.2, 0.25) is 0 Å². The molecular weight excluding hydrogens is 194 g/mol. The van der Waals surface area contributed by atoms with Gasteiger partial charge in [0.25, 0.3) is 0 Å². The number of hydrogen-bond donors (Lipinski definition) is 1. The molecule has 1 aromatic rings. The van der Waals surface area contributed by atoms with Gasteiger partial charge in [0, 0.05) is 6.04 Å². The Morgan fingerprint density at radius 3 is 2.62 bits per heavy atom. The Morgan fingerprint density at radius 2 is 2.00 bits per heavy atom. The molecule has 1 rings (SSSR count). The van der Waals surface area contributed by atoms with Crippen LogP contribution in [0, 0.1) is 13.8 Å². The highest BCUT2D eigenvalue weighted by Gasteiger charge is 2.04. The average Bonchev–Trinajstić information content (AvgIpc) is 2.23. The maximum absolute atomic E-state index is 3.57. The van der Waals surface area contributed by atoms with Crippen LogP contribution in [0.3, 0.4) is 0 Å². The second-order valence-corrected chi connectivity index (χ2v) is 4.84. The summed E-state index contributed by atoms with van der Waals surface area (Å²) in [7, 11) is 0. The molecule has 0 aliphatic rings. The molecule has 0 bridgehead atoms. The Kier molecular flexibility index (Phi) is 5.54. The summed E-state index contributed by atoms with van der Waals surface area (Å²) in [6.45, 7) is 10.0. The van der Waals surface area contributed by atoms with Crippen LogP contribution < -0.4 is 5.32 Å². The molecule has 1 aromatic carbocycles. The Hall–Kier alpha value is -0.820. The van der Waals surface area contributed by atoms with Gasteiger partial charge in [-0.1, -0.05) is 37.1 Å².